The summed E-state index contributed by atoms with van der Waals surface area (Å²) in [5.74, 6) is -0.524. The summed E-state index contributed by atoms with van der Waals surface area (Å²) in [6, 6.07) is 11.0. The fourth-order valence-corrected chi connectivity index (χ4v) is 3.18. The molecule has 0 fully saturated rings. The molecule has 2 aromatic rings. The molecule has 5 nitrogen and oxygen atoms in total. The number of hydrogen-bond acceptors (Lipinski definition) is 4. The van der Waals surface area contributed by atoms with Crippen molar-refractivity contribution in [1.29, 1.82) is 0 Å². The average molecular weight is 384 g/mol. The lowest BCUT2D eigenvalue weighted by Gasteiger charge is -2.12. The van der Waals surface area contributed by atoms with Crippen LogP contribution in [0.25, 0.3) is 0 Å². The van der Waals surface area contributed by atoms with E-state index >= 15 is 0 Å². The summed E-state index contributed by atoms with van der Waals surface area (Å²) in [6.07, 6.45) is 0. The fraction of sp³-hybridized carbons (Fsp3) is 0.133. The Bertz CT molecular complexity index is 801. The molecule has 22 heavy (non-hydrogen) atoms. The van der Waals surface area contributed by atoms with Crippen molar-refractivity contribution in [3.05, 3.63) is 58.1 Å². The van der Waals surface area contributed by atoms with Gasteiger partial charge in [0.15, 0.2) is 0 Å². The van der Waals surface area contributed by atoms with Gasteiger partial charge in [-0.15, -0.1) is 0 Å². The Hall–Kier alpha value is -1.86. The number of anilines is 1. The largest absolute Gasteiger partial charge is 0.465 e. The van der Waals surface area contributed by atoms with Gasteiger partial charge in [-0.2, -0.15) is 0 Å². The lowest BCUT2D eigenvalue weighted by Crippen LogP contribution is -2.14. The molecule has 2 rings (SSSR count). The number of esters is 1. The van der Waals surface area contributed by atoms with E-state index in [1.54, 1.807) is 31.2 Å². The lowest BCUT2D eigenvalue weighted by atomic mass is 10.1. The highest BCUT2D eigenvalue weighted by molar-refractivity contribution is 9.10. The number of ether oxygens (including phenoxy) is 1. The number of sulfonamides is 1. The topological polar surface area (TPSA) is 72.5 Å². The van der Waals surface area contributed by atoms with Crippen LogP contribution in [0.3, 0.4) is 0 Å². The first-order chi connectivity index (χ1) is 10.3. The molecule has 1 N–H and O–H groups in total. The minimum absolute atomic E-state index is 0.138. The Kier molecular flexibility index (Phi) is 4.87. The molecule has 0 radical (unpaired) electrons. The Morgan fingerprint density at radius 2 is 1.77 bits per heavy atom. The van der Waals surface area contributed by atoms with Crippen LogP contribution < -0.4 is 4.72 Å². The second-order valence-electron chi connectivity index (χ2n) is 4.58. The number of methoxy groups -OCH3 is 1. The average Bonchev–Trinajstić information content (AvgIpc) is 2.49. The molecule has 0 bridgehead atoms. The molecule has 0 saturated carbocycles. The molecule has 0 aliphatic carbocycles. The van der Waals surface area contributed by atoms with Crippen molar-refractivity contribution >= 4 is 37.6 Å². The maximum atomic E-state index is 12.4. The van der Waals surface area contributed by atoms with Crippen LogP contribution in [0.4, 0.5) is 5.69 Å². The molecule has 0 amide bonds. The van der Waals surface area contributed by atoms with Crippen LogP contribution in [-0.2, 0) is 14.8 Å². The Labute approximate surface area is 137 Å². The van der Waals surface area contributed by atoms with Gasteiger partial charge in [-0.3, -0.25) is 4.72 Å². The number of benzene rings is 2. The number of carbonyl (C=O) groups excluding carboxylic acids is 1. The normalized spacial score (nSPS) is 11.0. The first-order valence-electron chi connectivity index (χ1n) is 6.31. The molecule has 0 heterocycles. The number of rotatable bonds is 4. The molecular weight excluding hydrogens is 370 g/mol. The van der Waals surface area contributed by atoms with Crippen molar-refractivity contribution in [2.75, 3.05) is 11.8 Å². The van der Waals surface area contributed by atoms with E-state index in [1.807, 2.05) is 0 Å². The van der Waals surface area contributed by atoms with Gasteiger partial charge >= 0.3 is 5.97 Å². The first kappa shape index (κ1) is 16.5. The number of hydrogen-bond donors (Lipinski definition) is 1. The van der Waals surface area contributed by atoms with Gasteiger partial charge in [0, 0.05) is 4.47 Å². The van der Waals surface area contributed by atoms with Gasteiger partial charge in [0.05, 0.1) is 23.3 Å². The molecule has 2 aromatic carbocycles. The van der Waals surface area contributed by atoms with Gasteiger partial charge in [0.2, 0.25) is 0 Å². The van der Waals surface area contributed by atoms with Crippen LogP contribution in [0, 0.1) is 6.92 Å². The summed E-state index contributed by atoms with van der Waals surface area (Å²) >= 11 is 3.26. The zero-order valence-electron chi connectivity index (χ0n) is 12.0. The van der Waals surface area contributed by atoms with Crippen molar-refractivity contribution < 1.29 is 17.9 Å². The van der Waals surface area contributed by atoms with Crippen molar-refractivity contribution in [2.24, 2.45) is 0 Å². The third-order valence-electron chi connectivity index (χ3n) is 3.03. The zero-order chi connectivity index (χ0) is 16.3. The third kappa shape index (κ3) is 3.66. The van der Waals surface area contributed by atoms with E-state index in [9.17, 15) is 13.2 Å². The quantitative estimate of drug-likeness (QED) is 0.821. The van der Waals surface area contributed by atoms with E-state index in [1.165, 1.54) is 25.3 Å². The predicted molar refractivity (Wildman–Crippen MR) is 87.5 cm³/mol. The van der Waals surface area contributed by atoms with Crippen molar-refractivity contribution in [3.8, 4) is 0 Å². The van der Waals surface area contributed by atoms with E-state index in [4.69, 9.17) is 0 Å². The number of carbonyl (C=O) groups is 1. The van der Waals surface area contributed by atoms with E-state index in [-0.39, 0.29) is 10.5 Å². The third-order valence-corrected chi connectivity index (χ3v) is 4.94. The minimum atomic E-state index is -3.72. The van der Waals surface area contributed by atoms with Gasteiger partial charge in [0.1, 0.15) is 0 Å². The summed E-state index contributed by atoms with van der Waals surface area (Å²) in [5.41, 5.74) is 1.32. The standard InChI is InChI=1S/C15H14BrNO4S/c1-10-3-4-11(15(18)21-2)9-14(10)17-22(19,20)13-7-5-12(16)6-8-13/h3-9,17H,1-2H3. The SMILES string of the molecule is COC(=O)c1ccc(C)c(NS(=O)(=O)c2ccc(Br)cc2)c1. The monoisotopic (exact) mass is 383 g/mol. The van der Waals surface area contributed by atoms with Crippen LogP contribution in [0.5, 0.6) is 0 Å². The second kappa shape index (κ2) is 6.50. The molecular formula is C15H14BrNO4S. The molecule has 0 unspecified atom stereocenters. The van der Waals surface area contributed by atoms with E-state index in [2.05, 4.69) is 25.4 Å². The molecule has 0 saturated heterocycles. The molecule has 0 aliphatic rings. The van der Waals surface area contributed by atoms with Gasteiger partial charge in [0.25, 0.3) is 10.0 Å². The maximum absolute atomic E-state index is 12.4. The van der Waals surface area contributed by atoms with Gasteiger partial charge in [-0.05, 0) is 48.9 Å². The summed E-state index contributed by atoms with van der Waals surface area (Å²) < 4.78 is 32.7. The van der Waals surface area contributed by atoms with Crippen LogP contribution in [0.15, 0.2) is 51.8 Å². The molecule has 7 heteroatoms. The summed E-state index contributed by atoms with van der Waals surface area (Å²) in [5, 5.41) is 0. The van der Waals surface area contributed by atoms with Crippen molar-refractivity contribution in [2.45, 2.75) is 11.8 Å². The van der Waals surface area contributed by atoms with Crippen LogP contribution >= 0.6 is 15.9 Å². The van der Waals surface area contributed by atoms with E-state index in [0.29, 0.717) is 11.3 Å². The van der Waals surface area contributed by atoms with Crippen molar-refractivity contribution in [1.82, 2.24) is 0 Å². The fourth-order valence-electron chi connectivity index (χ4n) is 1.79. The summed E-state index contributed by atoms with van der Waals surface area (Å²) in [4.78, 5) is 11.7. The lowest BCUT2D eigenvalue weighted by molar-refractivity contribution is 0.0601. The number of nitrogens with one attached hydrogen (secondary N) is 1. The van der Waals surface area contributed by atoms with Crippen LogP contribution in [0.2, 0.25) is 0 Å². The van der Waals surface area contributed by atoms with E-state index < -0.39 is 16.0 Å². The number of aryl methyl sites for hydroxylation is 1. The van der Waals surface area contributed by atoms with Crippen LogP contribution in [0.1, 0.15) is 15.9 Å². The van der Waals surface area contributed by atoms with Crippen molar-refractivity contribution in [3.63, 3.8) is 0 Å². The zero-order valence-corrected chi connectivity index (χ0v) is 14.4. The van der Waals surface area contributed by atoms with Crippen LogP contribution in [-0.4, -0.2) is 21.5 Å². The Morgan fingerprint density at radius 3 is 2.36 bits per heavy atom. The number of halogens is 1. The predicted octanol–water partition coefficient (Wildman–Crippen LogP) is 3.34. The minimum Gasteiger partial charge on any atom is -0.465 e. The highest BCUT2D eigenvalue weighted by Gasteiger charge is 2.16. The summed E-state index contributed by atoms with van der Waals surface area (Å²) in [7, 11) is -2.45. The first-order valence-corrected chi connectivity index (χ1v) is 8.58. The Morgan fingerprint density at radius 1 is 1.14 bits per heavy atom. The van der Waals surface area contributed by atoms with Gasteiger partial charge in [-0.25, -0.2) is 13.2 Å². The molecule has 0 atom stereocenters. The molecule has 0 aromatic heterocycles. The highest BCUT2D eigenvalue weighted by Crippen LogP contribution is 2.22. The molecule has 116 valence electrons. The Balaban J connectivity index is 2.37. The smallest absolute Gasteiger partial charge is 0.337 e. The second-order valence-corrected chi connectivity index (χ2v) is 7.18. The highest BCUT2D eigenvalue weighted by atomic mass is 79.9. The maximum Gasteiger partial charge on any atom is 0.337 e. The molecule has 0 spiro atoms. The summed E-state index contributed by atoms with van der Waals surface area (Å²) in [6.45, 7) is 1.75. The van der Waals surface area contributed by atoms with Gasteiger partial charge in [-0.1, -0.05) is 22.0 Å². The van der Waals surface area contributed by atoms with Gasteiger partial charge < -0.3 is 4.74 Å². The molecule has 0 aliphatic heterocycles. The van der Waals surface area contributed by atoms with E-state index in [0.717, 1.165) is 4.47 Å².